The van der Waals surface area contributed by atoms with Gasteiger partial charge in [0.25, 0.3) is 0 Å². The molecule has 5 rings (SSSR count). The van der Waals surface area contributed by atoms with Gasteiger partial charge in [-0.2, -0.15) is 0 Å². The summed E-state index contributed by atoms with van der Waals surface area (Å²) in [5.74, 6) is 0.906. The number of hydrogen-bond acceptors (Lipinski definition) is 7. The number of fused-ring (bicyclic) bond motifs is 1. The number of nitrogens with one attached hydrogen (secondary N) is 3. The van der Waals surface area contributed by atoms with Gasteiger partial charge in [0.05, 0.1) is 22.6 Å². The molecular weight excluding hydrogens is 422 g/mol. The SMILES string of the molecule is Cc1nc(-c2cccc(NCC(=O)N[C@@H]3CCCN(c4ncnc5[nH]ccc45)C3)c2)cs1. The van der Waals surface area contributed by atoms with Gasteiger partial charge in [-0.1, -0.05) is 12.1 Å². The third-order valence-corrected chi connectivity index (χ3v) is 6.42. The van der Waals surface area contributed by atoms with Crippen LogP contribution in [0.3, 0.4) is 0 Å². The number of carbonyl (C=O) groups excluding carboxylic acids is 1. The number of aryl methyl sites for hydroxylation is 1. The summed E-state index contributed by atoms with van der Waals surface area (Å²) in [4.78, 5) is 31.3. The van der Waals surface area contributed by atoms with Crippen LogP contribution in [0, 0.1) is 6.92 Å². The summed E-state index contributed by atoms with van der Waals surface area (Å²) in [6.45, 7) is 3.89. The van der Waals surface area contributed by atoms with Gasteiger partial charge in [-0.3, -0.25) is 4.79 Å². The first-order chi connectivity index (χ1) is 15.7. The number of rotatable bonds is 6. The Morgan fingerprint density at radius 2 is 2.25 bits per heavy atom. The van der Waals surface area contributed by atoms with E-state index in [1.54, 1.807) is 17.7 Å². The molecule has 1 aliphatic rings. The standard InChI is InChI=1S/C23H25N7OS/c1-15-28-20(13-32-15)16-4-2-5-17(10-16)25-11-21(31)29-18-6-3-9-30(12-18)23-19-7-8-24-22(19)26-14-27-23/h2,4-5,7-8,10,13-14,18,25H,3,6,9,11-12H2,1H3,(H,29,31)(H,24,26,27)/t18-/m1/s1. The lowest BCUT2D eigenvalue weighted by molar-refractivity contribution is -0.120. The maximum absolute atomic E-state index is 12.6. The van der Waals surface area contributed by atoms with E-state index in [1.807, 2.05) is 43.5 Å². The normalized spacial score (nSPS) is 16.3. The van der Waals surface area contributed by atoms with Crippen LogP contribution >= 0.6 is 11.3 Å². The highest BCUT2D eigenvalue weighted by atomic mass is 32.1. The van der Waals surface area contributed by atoms with Crippen molar-refractivity contribution in [2.75, 3.05) is 29.9 Å². The van der Waals surface area contributed by atoms with Crippen LogP contribution in [-0.4, -0.2) is 51.5 Å². The number of aromatic amines is 1. The molecule has 3 N–H and O–H groups in total. The van der Waals surface area contributed by atoms with E-state index in [4.69, 9.17) is 0 Å². The quantitative estimate of drug-likeness (QED) is 0.418. The minimum Gasteiger partial charge on any atom is -0.376 e. The van der Waals surface area contributed by atoms with Crippen molar-refractivity contribution >= 4 is 39.8 Å². The molecule has 1 amide bonds. The number of hydrogen-bond donors (Lipinski definition) is 3. The third-order valence-electron chi connectivity index (χ3n) is 5.65. The van der Waals surface area contributed by atoms with Crippen LogP contribution in [0.5, 0.6) is 0 Å². The van der Waals surface area contributed by atoms with E-state index in [1.165, 1.54) is 0 Å². The molecule has 0 radical (unpaired) electrons. The van der Waals surface area contributed by atoms with Crippen LogP contribution in [-0.2, 0) is 4.79 Å². The van der Waals surface area contributed by atoms with Crippen molar-refractivity contribution in [1.82, 2.24) is 25.3 Å². The lowest BCUT2D eigenvalue weighted by atomic mass is 10.1. The number of nitrogens with zero attached hydrogens (tertiary/aromatic N) is 4. The van der Waals surface area contributed by atoms with E-state index in [0.717, 1.165) is 64.7 Å². The second-order valence-electron chi connectivity index (χ2n) is 7.98. The maximum Gasteiger partial charge on any atom is 0.239 e. The molecule has 4 aromatic rings. The third kappa shape index (κ3) is 4.43. The van der Waals surface area contributed by atoms with E-state index in [2.05, 4.69) is 40.8 Å². The average molecular weight is 448 g/mol. The summed E-state index contributed by atoms with van der Waals surface area (Å²) in [6.07, 6.45) is 5.43. The van der Waals surface area contributed by atoms with Gasteiger partial charge in [-0.05, 0) is 38.0 Å². The smallest absolute Gasteiger partial charge is 0.239 e. The predicted molar refractivity (Wildman–Crippen MR) is 128 cm³/mol. The van der Waals surface area contributed by atoms with Gasteiger partial charge >= 0.3 is 0 Å². The van der Waals surface area contributed by atoms with Crippen LogP contribution in [0.1, 0.15) is 17.8 Å². The van der Waals surface area contributed by atoms with Crippen molar-refractivity contribution < 1.29 is 4.79 Å². The zero-order valence-electron chi connectivity index (χ0n) is 17.8. The molecule has 0 aliphatic carbocycles. The molecule has 1 aliphatic heterocycles. The number of carbonyl (C=O) groups is 1. The Morgan fingerprint density at radius 3 is 3.12 bits per heavy atom. The second kappa shape index (κ2) is 8.96. The van der Waals surface area contributed by atoms with E-state index in [9.17, 15) is 4.79 Å². The van der Waals surface area contributed by atoms with Crippen molar-refractivity contribution in [3.8, 4) is 11.3 Å². The summed E-state index contributed by atoms with van der Waals surface area (Å²) < 4.78 is 0. The van der Waals surface area contributed by atoms with Gasteiger partial charge in [0.2, 0.25) is 5.91 Å². The van der Waals surface area contributed by atoms with Crippen LogP contribution < -0.4 is 15.5 Å². The molecule has 0 unspecified atom stereocenters. The fourth-order valence-electron chi connectivity index (χ4n) is 4.14. The number of H-pyrrole nitrogens is 1. The minimum atomic E-state index is -0.0127. The predicted octanol–water partition coefficient (Wildman–Crippen LogP) is 3.59. The molecule has 4 heterocycles. The molecule has 32 heavy (non-hydrogen) atoms. The number of anilines is 2. The van der Waals surface area contributed by atoms with Gasteiger partial charge < -0.3 is 20.5 Å². The molecule has 0 bridgehead atoms. The van der Waals surface area contributed by atoms with Crippen molar-refractivity contribution in [2.24, 2.45) is 0 Å². The number of piperidine rings is 1. The molecule has 8 nitrogen and oxygen atoms in total. The Kier molecular flexibility index (Phi) is 5.72. The Hall–Kier alpha value is -3.46. The van der Waals surface area contributed by atoms with E-state index in [-0.39, 0.29) is 18.5 Å². The first-order valence-corrected chi connectivity index (χ1v) is 11.6. The van der Waals surface area contributed by atoms with Crippen LogP contribution in [0.4, 0.5) is 11.5 Å². The lowest BCUT2D eigenvalue weighted by Crippen LogP contribution is -2.49. The number of aromatic nitrogens is 4. The molecule has 0 spiro atoms. The summed E-state index contributed by atoms with van der Waals surface area (Å²) in [7, 11) is 0. The van der Waals surface area contributed by atoms with Crippen LogP contribution in [0.25, 0.3) is 22.3 Å². The minimum absolute atomic E-state index is 0.0127. The number of amides is 1. The van der Waals surface area contributed by atoms with Crippen molar-refractivity contribution in [3.63, 3.8) is 0 Å². The summed E-state index contributed by atoms with van der Waals surface area (Å²) in [6, 6.07) is 10.1. The highest BCUT2D eigenvalue weighted by molar-refractivity contribution is 7.09. The van der Waals surface area contributed by atoms with Gasteiger partial charge in [0, 0.05) is 42.0 Å². The van der Waals surface area contributed by atoms with Gasteiger partial charge in [-0.25, -0.2) is 15.0 Å². The number of thiazole rings is 1. The molecule has 1 fully saturated rings. The molecule has 9 heteroatoms. The zero-order chi connectivity index (χ0) is 21.9. The van der Waals surface area contributed by atoms with Crippen LogP contribution in [0.15, 0.2) is 48.2 Å². The van der Waals surface area contributed by atoms with Gasteiger partial charge in [0.1, 0.15) is 17.8 Å². The molecule has 0 saturated carbocycles. The molecule has 1 aromatic carbocycles. The van der Waals surface area contributed by atoms with Crippen molar-refractivity contribution in [2.45, 2.75) is 25.8 Å². The Labute approximate surface area is 190 Å². The summed E-state index contributed by atoms with van der Waals surface area (Å²) in [5.41, 5.74) is 3.75. The molecule has 1 atom stereocenters. The van der Waals surface area contributed by atoms with E-state index < -0.39 is 0 Å². The Morgan fingerprint density at radius 1 is 1.31 bits per heavy atom. The highest BCUT2D eigenvalue weighted by Gasteiger charge is 2.23. The fourth-order valence-corrected chi connectivity index (χ4v) is 4.77. The van der Waals surface area contributed by atoms with E-state index in [0.29, 0.717) is 0 Å². The van der Waals surface area contributed by atoms with Gasteiger partial charge in [-0.15, -0.1) is 11.3 Å². The first-order valence-electron chi connectivity index (χ1n) is 10.7. The lowest BCUT2D eigenvalue weighted by Gasteiger charge is -2.34. The molecular formula is C23H25N7OS. The second-order valence-corrected chi connectivity index (χ2v) is 9.04. The highest BCUT2D eigenvalue weighted by Crippen LogP contribution is 2.26. The first kappa shape index (κ1) is 20.4. The van der Waals surface area contributed by atoms with E-state index >= 15 is 0 Å². The molecule has 164 valence electrons. The van der Waals surface area contributed by atoms with Crippen LogP contribution in [0.2, 0.25) is 0 Å². The maximum atomic E-state index is 12.6. The van der Waals surface area contributed by atoms with Crippen molar-refractivity contribution in [1.29, 1.82) is 0 Å². The zero-order valence-corrected chi connectivity index (χ0v) is 18.7. The topological polar surface area (TPSA) is 98.8 Å². The van der Waals surface area contributed by atoms with Gasteiger partial charge in [0.15, 0.2) is 0 Å². The molecule has 3 aromatic heterocycles. The Bertz CT molecular complexity index is 1230. The number of benzene rings is 1. The van der Waals surface area contributed by atoms with Crippen molar-refractivity contribution in [3.05, 3.63) is 53.2 Å². The Balaban J connectivity index is 1.18. The molecule has 1 saturated heterocycles. The fraction of sp³-hybridized carbons (Fsp3) is 0.304. The monoisotopic (exact) mass is 447 g/mol. The summed E-state index contributed by atoms with van der Waals surface area (Å²) in [5, 5.41) is 10.5. The summed E-state index contributed by atoms with van der Waals surface area (Å²) >= 11 is 1.63. The average Bonchev–Trinajstić information content (AvgIpc) is 3.47. The largest absolute Gasteiger partial charge is 0.376 e.